The van der Waals surface area contributed by atoms with E-state index in [0.717, 1.165) is 105 Å². The molecule has 0 saturated heterocycles. The molecule has 1 aliphatic carbocycles. The Hall–Kier alpha value is -7.44. The van der Waals surface area contributed by atoms with E-state index in [9.17, 15) is 0 Å². The summed E-state index contributed by atoms with van der Waals surface area (Å²) >= 11 is 7.41. The molecule has 0 aliphatic heterocycles. The van der Waals surface area contributed by atoms with Crippen molar-refractivity contribution in [3.63, 3.8) is 0 Å². The van der Waals surface area contributed by atoms with Crippen molar-refractivity contribution in [2.75, 3.05) is 4.90 Å². The number of fused-ring (bicyclic) bond motifs is 9. The summed E-state index contributed by atoms with van der Waals surface area (Å²) in [7, 11) is 0. The first kappa shape index (κ1) is 40.8. The van der Waals surface area contributed by atoms with Gasteiger partial charge in [0, 0.05) is 53.0 Å². The fraction of sp³-hybridized carbons (Fsp3) is 0.0476. The van der Waals surface area contributed by atoms with E-state index >= 15 is 0 Å². The molecule has 0 saturated carbocycles. The Bertz CT molecular complexity index is 3660. The second kappa shape index (κ2) is 16.4. The van der Waals surface area contributed by atoms with Crippen molar-refractivity contribution in [3.05, 3.63) is 256 Å². The van der Waals surface area contributed by atoms with Gasteiger partial charge in [-0.05, 0) is 166 Å². The first-order valence-electron chi connectivity index (χ1n) is 23.0. The number of halogens is 2. The summed E-state index contributed by atoms with van der Waals surface area (Å²) in [5.41, 5.74) is 19.0. The predicted molar refractivity (Wildman–Crippen MR) is 288 cm³/mol. The maximum absolute atomic E-state index is 6.19. The number of benzene rings is 10. The van der Waals surface area contributed by atoms with E-state index in [1.165, 1.54) is 33.4 Å². The van der Waals surface area contributed by atoms with Gasteiger partial charge in [-0.1, -0.05) is 159 Å². The Morgan fingerprint density at radius 3 is 1.29 bits per heavy atom. The lowest BCUT2D eigenvalue weighted by Crippen LogP contribution is -2.31. The van der Waals surface area contributed by atoms with Gasteiger partial charge >= 0.3 is 0 Å². The number of hydrogen-bond acceptors (Lipinski definition) is 3. The van der Waals surface area contributed by atoms with Crippen molar-refractivity contribution in [1.82, 2.24) is 0 Å². The molecule has 0 spiro atoms. The molecule has 1 aliphatic rings. The Morgan fingerprint density at radius 2 is 0.765 bits per heavy atom. The topological polar surface area (TPSA) is 29.5 Å². The molecule has 0 radical (unpaired) electrons. The molecule has 10 aromatic carbocycles. The molecule has 0 unspecified atom stereocenters. The number of hydrogen-bond donors (Lipinski definition) is 0. The van der Waals surface area contributed by atoms with Crippen LogP contribution in [-0.4, -0.2) is 0 Å². The first-order valence-corrected chi connectivity index (χ1v) is 24.6. The van der Waals surface area contributed by atoms with Crippen molar-refractivity contribution < 1.29 is 8.83 Å². The van der Waals surface area contributed by atoms with E-state index in [2.05, 4.69) is 237 Å². The minimum atomic E-state index is -0.339. The van der Waals surface area contributed by atoms with E-state index in [4.69, 9.17) is 8.83 Å². The van der Waals surface area contributed by atoms with E-state index in [1.807, 2.05) is 24.3 Å². The van der Waals surface area contributed by atoms with E-state index < -0.39 is 0 Å². The van der Waals surface area contributed by atoms with E-state index in [1.54, 1.807) is 0 Å². The molecule has 5 heteroatoms. The highest BCUT2D eigenvalue weighted by Crippen LogP contribution is 2.54. The second-order valence-electron chi connectivity index (χ2n) is 18.0. The van der Waals surface area contributed by atoms with Crippen LogP contribution in [0.2, 0.25) is 0 Å². The highest BCUT2D eigenvalue weighted by atomic mass is 79.9. The largest absolute Gasteiger partial charge is 0.456 e. The van der Waals surface area contributed by atoms with Crippen LogP contribution in [0.15, 0.2) is 242 Å². The molecule has 68 heavy (non-hydrogen) atoms. The van der Waals surface area contributed by atoms with Crippen molar-refractivity contribution in [2.45, 2.75) is 18.3 Å². The maximum Gasteiger partial charge on any atom is 0.135 e. The summed E-state index contributed by atoms with van der Waals surface area (Å²) in [5.74, 6) is 0. The van der Waals surface area contributed by atoms with Gasteiger partial charge in [-0.2, -0.15) is 0 Å². The molecule has 0 N–H and O–H groups in total. The Balaban J connectivity index is 0.956. The van der Waals surface area contributed by atoms with Crippen LogP contribution in [0.1, 0.15) is 22.3 Å². The number of furan rings is 2. The van der Waals surface area contributed by atoms with Crippen LogP contribution in [0.5, 0.6) is 0 Å². The molecule has 13 rings (SSSR count). The van der Waals surface area contributed by atoms with E-state index in [0.29, 0.717) is 0 Å². The van der Waals surface area contributed by atoms with Crippen molar-refractivity contribution in [2.24, 2.45) is 0 Å². The molecule has 324 valence electrons. The summed E-state index contributed by atoms with van der Waals surface area (Å²) in [5, 5.41) is 4.50. The minimum absolute atomic E-state index is 0.339. The third-order valence-corrected chi connectivity index (χ3v) is 15.1. The Kier molecular flexibility index (Phi) is 9.85. The average Bonchev–Trinajstić information content (AvgIpc) is 4.03. The molecule has 0 bridgehead atoms. The fourth-order valence-electron chi connectivity index (χ4n) is 10.8. The van der Waals surface area contributed by atoms with Crippen LogP contribution in [0.3, 0.4) is 0 Å². The maximum atomic E-state index is 6.19. The van der Waals surface area contributed by atoms with Gasteiger partial charge in [0.25, 0.3) is 0 Å². The third-order valence-electron chi connectivity index (χ3n) is 14.0. The smallest absolute Gasteiger partial charge is 0.135 e. The lowest BCUT2D eigenvalue weighted by molar-refractivity contribution is 0.520. The molecule has 3 nitrogen and oxygen atoms in total. The molecule has 2 heterocycles. The van der Waals surface area contributed by atoms with Crippen LogP contribution in [0.4, 0.5) is 17.1 Å². The Labute approximate surface area is 411 Å². The second-order valence-corrected chi connectivity index (χ2v) is 19.8. The summed E-state index contributed by atoms with van der Waals surface area (Å²) in [4.78, 5) is 2.42. The standard InChI is InChI=1S/C63H41Br2NO2/c64-46-23-13-40(14-24-46)38-63(39-41-15-25-47(65)26-16-41)57-10-4-1-7-51(57)52-32-31-50(37-58(52)63)66(48-27-17-42(18-28-48)44-21-33-61-55(35-44)53-8-2-5-11-59(53)67-61)49-29-19-43(20-30-49)45-22-34-62-56(36-45)54-9-3-6-12-60(54)68-62/h1-37H,38-39H2. The van der Waals surface area contributed by atoms with Gasteiger partial charge in [-0.15, -0.1) is 0 Å². The predicted octanol–water partition coefficient (Wildman–Crippen LogP) is 18.6. The monoisotopic (exact) mass is 1000 g/mol. The number of anilines is 3. The molecule has 0 fully saturated rings. The lowest BCUT2D eigenvalue weighted by Gasteiger charge is -2.34. The summed E-state index contributed by atoms with van der Waals surface area (Å²) < 4.78 is 14.5. The van der Waals surface area contributed by atoms with Gasteiger partial charge in [0.2, 0.25) is 0 Å². The normalized spacial score (nSPS) is 12.8. The number of para-hydroxylation sites is 2. The Morgan fingerprint density at radius 1 is 0.338 bits per heavy atom. The van der Waals surface area contributed by atoms with Crippen LogP contribution in [0, 0.1) is 0 Å². The molecular weight excluding hydrogens is 963 g/mol. The zero-order valence-corrected chi connectivity index (χ0v) is 40.0. The van der Waals surface area contributed by atoms with Gasteiger partial charge in [0.05, 0.1) is 0 Å². The lowest BCUT2D eigenvalue weighted by atomic mass is 9.69. The quantitative estimate of drug-likeness (QED) is 0.144. The molecule has 2 aromatic heterocycles. The van der Waals surface area contributed by atoms with E-state index in [-0.39, 0.29) is 5.41 Å². The summed E-state index contributed by atoms with van der Waals surface area (Å²) in [6, 6.07) is 81.5. The van der Waals surface area contributed by atoms with Crippen LogP contribution >= 0.6 is 31.9 Å². The zero-order valence-electron chi connectivity index (χ0n) is 36.8. The average molecular weight is 1000 g/mol. The molecule has 0 amide bonds. The van der Waals surface area contributed by atoms with Crippen LogP contribution in [0.25, 0.3) is 77.3 Å². The molecule has 12 aromatic rings. The summed E-state index contributed by atoms with van der Waals surface area (Å²) in [6.45, 7) is 0. The highest BCUT2D eigenvalue weighted by molar-refractivity contribution is 9.10. The highest BCUT2D eigenvalue weighted by Gasteiger charge is 2.43. The number of nitrogens with zero attached hydrogens (tertiary/aromatic N) is 1. The van der Waals surface area contributed by atoms with Crippen LogP contribution in [-0.2, 0) is 18.3 Å². The zero-order chi connectivity index (χ0) is 45.3. The van der Waals surface area contributed by atoms with Crippen molar-refractivity contribution in [1.29, 1.82) is 0 Å². The van der Waals surface area contributed by atoms with Gasteiger partial charge in [0.1, 0.15) is 22.3 Å². The summed E-state index contributed by atoms with van der Waals surface area (Å²) in [6.07, 6.45) is 1.69. The van der Waals surface area contributed by atoms with Crippen molar-refractivity contribution >= 4 is 92.8 Å². The van der Waals surface area contributed by atoms with Crippen molar-refractivity contribution in [3.8, 4) is 33.4 Å². The minimum Gasteiger partial charge on any atom is -0.456 e. The third kappa shape index (κ3) is 6.99. The molecule has 0 atom stereocenters. The van der Waals surface area contributed by atoms with Crippen LogP contribution < -0.4 is 4.90 Å². The first-order chi connectivity index (χ1) is 33.4. The molecular formula is C63H41Br2NO2. The fourth-order valence-corrected chi connectivity index (χ4v) is 11.3. The van der Waals surface area contributed by atoms with Gasteiger partial charge < -0.3 is 13.7 Å². The SMILES string of the molecule is Brc1ccc(CC2(Cc3ccc(Br)cc3)c3ccccc3-c3ccc(N(c4ccc(-c5ccc6oc7ccccc7c6c5)cc4)c4ccc(-c5ccc6oc7ccccc7c6c5)cc4)cc32)cc1. The van der Waals surface area contributed by atoms with Gasteiger partial charge in [0.15, 0.2) is 0 Å². The number of rotatable bonds is 9. The van der Waals surface area contributed by atoms with Gasteiger partial charge in [-0.3, -0.25) is 0 Å². The van der Waals surface area contributed by atoms with Gasteiger partial charge in [-0.25, -0.2) is 0 Å².